The minimum absolute atomic E-state index is 0.200. The summed E-state index contributed by atoms with van der Waals surface area (Å²) in [5, 5.41) is 4.06. The van der Waals surface area contributed by atoms with Gasteiger partial charge in [-0.1, -0.05) is 0 Å². The van der Waals surface area contributed by atoms with E-state index in [0.29, 0.717) is 5.95 Å². The van der Waals surface area contributed by atoms with Crippen LogP contribution in [-0.4, -0.2) is 14.8 Å². The van der Waals surface area contributed by atoms with Crippen LogP contribution in [0.25, 0.3) is 0 Å². The molecule has 0 saturated carbocycles. The van der Waals surface area contributed by atoms with Gasteiger partial charge in [0.1, 0.15) is 0 Å². The molecular formula is C5H9ClN4. The molecule has 1 aromatic heterocycles. The molecule has 5 heteroatoms. The summed E-state index contributed by atoms with van der Waals surface area (Å²) in [6, 6.07) is 0.208. The molecule has 1 aromatic rings. The van der Waals surface area contributed by atoms with E-state index in [4.69, 9.17) is 17.3 Å². The third kappa shape index (κ3) is 1.21. The average molecular weight is 161 g/mol. The van der Waals surface area contributed by atoms with Gasteiger partial charge in [0, 0.05) is 0 Å². The van der Waals surface area contributed by atoms with E-state index in [1.807, 2.05) is 13.8 Å². The number of nitrogen functional groups attached to an aromatic ring is 1. The van der Waals surface area contributed by atoms with Crippen LogP contribution in [0.3, 0.4) is 0 Å². The number of nitrogens with two attached hydrogens (primary N) is 1. The smallest absolute Gasteiger partial charge is 0.244 e. The van der Waals surface area contributed by atoms with E-state index < -0.39 is 0 Å². The summed E-state index contributed by atoms with van der Waals surface area (Å²) in [5.41, 5.74) is 5.45. The van der Waals surface area contributed by atoms with Crippen LogP contribution in [0.15, 0.2) is 0 Å². The fourth-order valence-electron chi connectivity index (χ4n) is 0.688. The van der Waals surface area contributed by atoms with Crippen LogP contribution in [0.4, 0.5) is 5.95 Å². The monoisotopic (exact) mass is 160 g/mol. The molecule has 2 N–H and O–H groups in total. The largest absolute Gasteiger partial charge is 0.368 e. The molecule has 0 radical (unpaired) electrons. The molecule has 0 atom stereocenters. The molecular weight excluding hydrogens is 152 g/mol. The van der Waals surface area contributed by atoms with E-state index in [0.717, 1.165) is 0 Å². The van der Waals surface area contributed by atoms with Gasteiger partial charge in [0.2, 0.25) is 11.2 Å². The number of halogens is 1. The van der Waals surface area contributed by atoms with E-state index in [2.05, 4.69) is 10.1 Å². The van der Waals surface area contributed by atoms with Gasteiger partial charge in [-0.3, -0.25) is 0 Å². The standard InChI is InChI=1S/C5H9ClN4/c1-3(2)10-5(7)8-4(6)9-10/h3H,1-2H3,(H2,7,8,9). The van der Waals surface area contributed by atoms with Crippen LogP contribution in [0, 0.1) is 0 Å². The van der Waals surface area contributed by atoms with E-state index in [9.17, 15) is 0 Å². The molecule has 0 bridgehead atoms. The molecule has 0 aliphatic carbocycles. The van der Waals surface area contributed by atoms with Gasteiger partial charge in [-0.2, -0.15) is 4.98 Å². The molecule has 0 amide bonds. The number of nitrogens with zero attached hydrogens (tertiary/aromatic N) is 3. The highest BCUT2D eigenvalue weighted by molar-refractivity contribution is 6.28. The first-order chi connectivity index (χ1) is 4.61. The van der Waals surface area contributed by atoms with Crippen LogP contribution in [0.2, 0.25) is 5.28 Å². The van der Waals surface area contributed by atoms with Crippen LogP contribution in [-0.2, 0) is 0 Å². The highest BCUT2D eigenvalue weighted by Crippen LogP contribution is 2.10. The molecule has 0 saturated heterocycles. The van der Waals surface area contributed by atoms with E-state index in [1.54, 1.807) is 4.68 Å². The molecule has 1 heterocycles. The van der Waals surface area contributed by atoms with Crippen LogP contribution in [0.5, 0.6) is 0 Å². The zero-order valence-corrected chi connectivity index (χ0v) is 6.63. The molecule has 1 rings (SSSR count). The quantitative estimate of drug-likeness (QED) is 0.669. The molecule has 0 aliphatic heterocycles. The number of rotatable bonds is 1. The Bertz CT molecular complexity index is 230. The van der Waals surface area contributed by atoms with Gasteiger partial charge in [0.25, 0.3) is 0 Å². The SMILES string of the molecule is CC(C)n1nc(Cl)nc1N. The Balaban J connectivity index is 3.03. The Morgan fingerprint density at radius 2 is 2.20 bits per heavy atom. The summed E-state index contributed by atoms with van der Waals surface area (Å²) >= 11 is 5.49. The molecule has 56 valence electrons. The number of hydrogen-bond donors (Lipinski definition) is 1. The zero-order valence-electron chi connectivity index (χ0n) is 5.87. The van der Waals surface area contributed by atoms with E-state index in [1.165, 1.54) is 0 Å². The van der Waals surface area contributed by atoms with Crippen molar-refractivity contribution in [2.24, 2.45) is 0 Å². The molecule has 0 spiro atoms. The summed E-state index contributed by atoms with van der Waals surface area (Å²) in [6.45, 7) is 3.92. The molecule has 0 aromatic carbocycles. The Labute approximate surface area is 64.0 Å². The van der Waals surface area contributed by atoms with Gasteiger partial charge in [0.15, 0.2) is 0 Å². The third-order valence-electron chi connectivity index (χ3n) is 1.12. The highest BCUT2D eigenvalue weighted by Gasteiger charge is 2.06. The Hall–Kier alpha value is -0.770. The van der Waals surface area contributed by atoms with Crippen molar-refractivity contribution in [3.05, 3.63) is 5.28 Å². The van der Waals surface area contributed by atoms with Crippen LogP contribution < -0.4 is 5.73 Å². The van der Waals surface area contributed by atoms with Crippen molar-refractivity contribution in [3.8, 4) is 0 Å². The second kappa shape index (κ2) is 2.46. The second-order valence-electron chi connectivity index (χ2n) is 2.28. The van der Waals surface area contributed by atoms with Crippen molar-refractivity contribution >= 4 is 17.5 Å². The van der Waals surface area contributed by atoms with E-state index in [-0.39, 0.29) is 11.3 Å². The molecule has 10 heavy (non-hydrogen) atoms. The first-order valence-corrected chi connectivity index (χ1v) is 3.36. The predicted molar refractivity (Wildman–Crippen MR) is 39.8 cm³/mol. The lowest BCUT2D eigenvalue weighted by Gasteiger charge is -2.03. The Morgan fingerprint density at radius 1 is 1.60 bits per heavy atom. The number of hydrogen-bond acceptors (Lipinski definition) is 3. The van der Waals surface area contributed by atoms with Crippen LogP contribution in [0.1, 0.15) is 19.9 Å². The third-order valence-corrected chi connectivity index (χ3v) is 1.28. The van der Waals surface area contributed by atoms with Gasteiger partial charge in [-0.25, -0.2) is 4.68 Å². The van der Waals surface area contributed by atoms with Crippen molar-refractivity contribution in [1.29, 1.82) is 0 Å². The lowest BCUT2D eigenvalue weighted by molar-refractivity contribution is 0.540. The summed E-state index contributed by atoms with van der Waals surface area (Å²) < 4.78 is 1.57. The fraction of sp³-hybridized carbons (Fsp3) is 0.600. The second-order valence-corrected chi connectivity index (χ2v) is 2.62. The molecule has 0 aliphatic rings. The molecule has 0 fully saturated rings. The van der Waals surface area contributed by atoms with Gasteiger partial charge >= 0.3 is 0 Å². The number of anilines is 1. The summed E-state index contributed by atoms with van der Waals surface area (Å²) in [6.07, 6.45) is 0. The minimum Gasteiger partial charge on any atom is -0.368 e. The maximum absolute atomic E-state index is 5.49. The maximum Gasteiger partial charge on any atom is 0.244 e. The van der Waals surface area contributed by atoms with Crippen molar-refractivity contribution in [2.45, 2.75) is 19.9 Å². The van der Waals surface area contributed by atoms with Crippen molar-refractivity contribution in [1.82, 2.24) is 14.8 Å². The lowest BCUT2D eigenvalue weighted by atomic mass is 10.4. The first-order valence-electron chi connectivity index (χ1n) is 2.98. The van der Waals surface area contributed by atoms with Crippen molar-refractivity contribution in [2.75, 3.05) is 5.73 Å². The summed E-state index contributed by atoms with van der Waals surface area (Å²) in [4.78, 5) is 3.73. The number of aromatic nitrogens is 3. The van der Waals surface area contributed by atoms with Crippen molar-refractivity contribution in [3.63, 3.8) is 0 Å². The highest BCUT2D eigenvalue weighted by atomic mass is 35.5. The lowest BCUT2D eigenvalue weighted by Crippen LogP contribution is -2.06. The average Bonchev–Trinajstić information content (AvgIpc) is 2.10. The van der Waals surface area contributed by atoms with Gasteiger partial charge < -0.3 is 5.73 Å². The van der Waals surface area contributed by atoms with E-state index >= 15 is 0 Å². The summed E-state index contributed by atoms with van der Waals surface area (Å²) in [5.74, 6) is 0.361. The van der Waals surface area contributed by atoms with Crippen molar-refractivity contribution < 1.29 is 0 Å². The van der Waals surface area contributed by atoms with Crippen LogP contribution >= 0.6 is 11.6 Å². The molecule has 0 unspecified atom stereocenters. The zero-order chi connectivity index (χ0) is 7.72. The normalized spacial score (nSPS) is 10.8. The first kappa shape index (κ1) is 7.34. The fourth-order valence-corrected chi connectivity index (χ4v) is 0.856. The predicted octanol–water partition coefficient (Wildman–Crippen LogP) is 1.09. The van der Waals surface area contributed by atoms with Gasteiger partial charge in [0.05, 0.1) is 6.04 Å². The Morgan fingerprint density at radius 3 is 2.40 bits per heavy atom. The van der Waals surface area contributed by atoms with Gasteiger partial charge in [-0.05, 0) is 25.4 Å². The van der Waals surface area contributed by atoms with Gasteiger partial charge in [-0.15, -0.1) is 5.10 Å². The molecule has 4 nitrogen and oxygen atoms in total. The Kier molecular flexibility index (Phi) is 1.80. The summed E-state index contributed by atoms with van der Waals surface area (Å²) in [7, 11) is 0. The maximum atomic E-state index is 5.49. The minimum atomic E-state index is 0.200. The topological polar surface area (TPSA) is 56.7 Å².